The maximum Gasteiger partial charge on any atom is 0.112 e. The van der Waals surface area contributed by atoms with Crippen molar-refractivity contribution in [2.45, 2.75) is 19.6 Å². The van der Waals surface area contributed by atoms with Crippen molar-refractivity contribution in [3.8, 4) is 11.1 Å². The van der Waals surface area contributed by atoms with Crippen LogP contribution in [0.3, 0.4) is 0 Å². The minimum absolute atomic E-state index is 0.0101. The van der Waals surface area contributed by atoms with E-state index in [1.54, 1.807) is 0 Å². The lowest BCUT2D eigenvalue weighted by Gasteiger charge is -2.32. The van der Waals surface area contributed by atoms with E-state index in [1.807, 2.05) is 42.2 Å². The third kappa shape index (κ3) is 4.21. The van der Waals surface area contributed by atoms with Gasteiger partial charge in [-0.1, -0.05) is 29.8 Å². The third-order valence-electron chi connectivity index (χ3n) is 4.93. The molecule has 1 fully saturated rings. The molecular weight excluding hydrogens is 360 g/mol. The normalized spacial score (nSPS) is 18.0. The van der Waals surface area contributed by atoms with E-state index in [4.69, 9.17) is 16.3 Å². The highest BCUT2D eigenvalue weighted by molar-refractivity contribution is 6.30. The third-order valence-corrected chi connectivity index (χ3v) is 5.17. The Bertz CT molecular complexity index is 922. The number of nitrogens with zero attached hydrogens (tertiary/aromatic N) is 4. The monoisotopic (exact) mass is 382 g/mol. The number of aromatic nitrogens is 3. The van der Waals surface area contributed by atoms with Gasteiger partial charge in [-0.25, -0.2) is 0 Å². The van der Waals surface area contributed by atoms with Crippen LogP contribution in [-0.4, -0.2) is 39.4 Å². The van der Waals surface area contributed by atoms with Crippen LogP contribution in [0.2, 0.25) is 5.02 Å². The first-order valence-electron chi connectivity index (χ1n) is 9.13. The highest BCUT2D eigenvalue weighted by Crippen LogP contribution is 2.26. The van der Waals surface area contributed by atoms with E-state index in [0.717, 1.165) is 47.2 Å². The topological polar surface area (TPSA) is 43.2 Å². The summed E-state index contributed by atoms with van der Waals surface area (Å²) >= 11 is 6.09. The van der Waals surface area contributed by atoms with Gasteiger partial charge in [-0.05, 0) is 30.7 Å². The highest BCUT2D eigenvalue weighted by atomic mass is 35.5. The molecule has 3 heterocycles. The maximum absolute atomic E-state index is 6.09. The molecule has 1 aliphatic heterocycles. The second kappa shape index (κ2) is 7.80. The zero-order valence-corrected chi connectivity index (χ0v) is 16.4. The van der Waals surface area contributed by atoms with Crippen molar-refractivity contribution in [3.05, 3.63) is 70.8 Å². The fourth-order valence-corrected chi connectivity index (χ4v) is 3.69. The first-order valence-corrected chi connectivity index (χ1v) is 9.51. The van der Waals surface area contributed by atoms with Gasteiger partial charge in [0.1, 0.15) is 6.10 Å². The number of hydrogen-bond acceptors (Lipinski definition) is 4. The molecule has 1 aromatic carbocycles. The summed E-state index contributed by atoms with van der Waals surface area (Å²) in [4.78, 5) is 7.07. The van der Waals surface area contributed by atoms with E-state index in [1.165, 1.54) is 5.56 Å². The first kappa shape index (κ1) is 18.2. The van der Waals surface area contributed by atoms with Crippen LogP contribution in [0.4, 0.5) is 0 Å². The lowest BCUT2D eigenvalue weighted by Crippen LogP contribution is -2.38. The van der Waals surface area contributed by atoms with Crippen molar-refractivity contribution >= 4 is 11.6 Å². The number of benzene rings is 1. The van der Waals surface area contributed by atoms with Crippen LogP contribution in [0.15, 0.2) is 48.8 Å². The van der Waals surface area contributed by atoms with Crippen LogP contribution in [0, 0.1) is 6.92 Å². The number of ether oxygens (including phenoxy) is 1. The van der Waals surface area contributed by atoms with Crippen LogP contribution in [0.5, 0.6) is 0 Å². The van der Waals surface area contributed by atoms with Gasteiger partial charge in [0, 0.05) is 55.2 Å². The molecule has 1 atom stereocenters. The Kier molecular flexibility index (Phi) is 5.25. The SMILES string of the molecule is Cc1nn(C)cc1CN1CCOC(c2ccc(-c3cccc(Cl)c3)cn2)C1. The second-order valence-corrected chi connectivity index (χ2v) is 7.43. The van der Waals surface area contributed by atoms with Crippen molar-refractivity contribution < 1.29 is 4.74 Å². The van der Waals surface area contributed by atoms with E-state index in [-0.39, 0.29) is 6.10 Å². The molecule has 0 N–H and O–H groups in total. The maximum atomic E-state index is 6.09. The summed E-state index contributed by atoms with van der Waals surface area (Å²) in [6.45, 7) is 5.41. The van der Waals surface area contributed by atoms with Gasteiger partial charge >= 0.3 is 0 Å². The van der Waals surface area contributed by atoms with Crippen LogP contribution in [0.25, 0.3) is 11.1 Å². The number of halogens is 1. The molecule has 0 amide bonds. The average Bonchev–Trinajstić information content (AvgIpc) is 2.99. The molecule has 5 nitrogen and oxygen atoms in total. The number of rotatable bonds is 4. The Hall–Kier alpha value is -2.21. The lowest BCUT2D eigenvalue weighted by atomic mass is 10.1. The predicted molar refractivity (Wildman–Crippen MR) is 107 cm³/mol. The number of hydrogen-bond donors (Lipinski definition) is 0. The Labute approximate surface area is 164 Å². The summed E-state index contributed by atoms with van der Waals surface area (Å²) in [5.41, 5.74) is 5.44. The lowest BCUT2D eigenvalue weighted by molar-refractivity contribution is -0.0350. The molecule has 0 saturated carbocycles. The quantitative estimate of drug-likeness (QED) is 0.683. The van der Waals surface area contributed by atoms with E-state index >= 15 is 0 Å². The molecule has 1 saturated heterocycles. The molecule has 1 aliphatic rings. The number of pyridine rings is 1. The molecule has 3 aromatic rings. The van der Waals surface area contributed by atoms with Crippen LogP contribution in [0.1, 0.15) is 23.1 Å². The van der Waals surface area contributed by atoms with Gasteiger partial charge in [-0.3, -0.25) is 14.6 Å². The zero-order valence-electron chi connectivity index (χ0n) is 15.6. The molecule has 0 spiro atoms. The van der Waals surface area contributed by atoms with Gasteiger partial charge < -0.3 is 4.74 Å². The van der Waals surface area contributed by atoms with Crippen molar-refractivity contribution in [1.82, 2.24) is 19.7 Å². The Morgan fingerprint density at radius 2 is 2.11 bits per heavy atom. The van der Waals surface area contributed by atoms with Gasteiger partial charge in [0.05, 0.1) is 18.0 Å². The summed E-state index contributed by atoms with van der Waals surface area (Å²) in [6, 6.07) is 12.0. The molecule has 2 aromatic heterocycles. The van der Waals surface area contributed by atoms with Gasteiger partial charge in [-0.2, -0.15) is 5.10 Å². The smallest absolute Gasteiger partial charge is 0.112 e. The van der Waals surface area contributed by atoms with E-state index in [9.17, 15) is 0 Å². The molecule has 140 valence electrons. The molecule has 0 aliphatic carbocycles. The number of morpholine rings is 1. The summed E-state index contributed by atoms with van der Waals surface area (Å²) in [5, 5.41) is 5.17. The van der Waals surface area contributed by atoms with Gasteiger partial charge in [0.2, 0.25) is 0 Å². The summed E-state index contributed by atoms with van der Waals surface area (Å²) in [6.07, 6.45) is 3.98. The fourth-order valence-electron chi connectivity index (χ4n) is 3.50. The Balaban J connectivity index is 1.45. The van der Waals surface area contributed by atoms with Crippen LogP contribution in [-0.2, 0) is 18.3 Å². The average molecular weight is 383 g/mol. The highest BCUT2D eigenvalue weighted by Gasteiger charge is 2.24. The van der Waals surface area contributed by atoms with Gasteiger partial charge in [0.25, 0.3) is 0 Å². The zero-order chi connectivity index (χ0) is 18.8. The molecule has 0 radical (unpaired) electrons. The van der Waals surface area contributed by atoms with Crippen LogP contribution >= 0.6 is 11.6 Å². The predicted octanol–water partition coefficient (Wildman–Crippen LogP) is 4.02. The van der Waals surface area contributed by atoms with Crippen molar-refractivity contribution in [1.29, 1.82) is 0 Å². The van der Waals surface area contributed by atoms with Crippen LogP contribution < -0.4 is 0 Å². The molecular formula is C21H23ClN4O. The minimum Gasteiger partial charge on any atom is -0.369 e. The van der Waals surface area contributed by atoms with E-state index in [2.05, 4.69) is 40.2 Å². The molecule has 6 heteroatoms. The Morgan fingerprint density at radius 1 is 1.22 bits per heavy atom. The van der Waals surface area contributed by atoms with Crippen molar-refractivity contribution in [2.75, 3.05) is 19.7 Å². The molecule has 0 bridgehead atoms. The van der Waals surface area contributed by atoms with Crippen molar-refractivity contribution in [3.63, 3.8) is 0 Å². The summed E-state index contributed by atoms with van der Waals surface area (Å²) in [7, 11) is 1.96. The van der Waals surface area contributed by atoms with Crippen molar-refractivity contribution in [2.24, 2.45) is 7.05 Å². The second-order valence-electron chi connectivity index (χ2n) is 6.99. The molecule has 27 heavy (non-hydrogen) atoms. The van der Waals surface area contributed by atoms with E-state index < -0.39 is 0 Å². The molecule has 1 unspecified atom stereocenters. The minimum atomic E-state index is -0.0101. The fraction of sp³-hybridized carbons (Fsp3) is 0.333. The molecule has 4 rings (SSSR count). The van der Waals surface area contributed by atoms with E-state index in [0.29, 0.717) is 6.61 Å². The Morgan fingerprint density at radius 3 is 2.81 bits per heavy atom. The van der Waals surface area contributed by atoms with Gasteiger partial charge in [-0.15, -0.1) is 0 Å². The standard InChI is InChI=1S/C21H23ClN4O/c1-15-18(12-25(2)24-15)13-26-8-9-27-21(14-26)20-7-6-17(11-23-20)16-4-3-5-19(22)10-16/h3-7,10-12,21H,8-9,13-14H2,1-2H3. The van der Waals surface area contributed by atoms with Gasteiger partial charge in [0.15, 0.2) is 0 Å². The number of aryl methyl sites for hydroxylation is 2. The largest absolute Gasteiger partial charge is 0.369 e. The summed E-state index contributed by atoms with van der Waals surface area (Å²) in [5.74, 6) is 0. The summed E-state index contributed by atoms with van der Waals surface area (Å²) < 4.78 is 7.86. The first-order chi connectivity index (χ1) is 13.1.